The first-order valence-corrected chi connectivity index (χ1v) is 6.65. The molecule has 0 heterocycles. The van der Waals surface area contributed by atoms with Crippen LogP contribution in [0.3, 0.4) is 0 Å². The average Bonchev–Trinajstić information content (AvgIpc) is 2.35. The number of rotatable bonds is 6. The molecule has 5 heteroatoms. The van der Waals surface area contributed by atoms with Gasteiger partial charge in [0.15, 0.2) is 6.10 Å². The number of amides is 1. The van der Waals surface area contributed by atoms with Gasteiger partial charge in [-0.05, 0) is 31.0 Å². The highest BCUT2D eigenvalue weighted by Gasteiger charge is 2.25. The summed E-state index contributed by atoms with van der Waals surface area (Å²) in [5.74, 6) is 0.319. The number of aliphatic hydroxyl groups is 1. The van der Waals surface area contributed by atoms with Crippen LogP contribution in [0.2, 0.25) is 5.02 Å². The Bertz CT molecular complexity index is 423. The van der Waals surface area contributed by atoms with E-state index in [-0.39, 0.29) is 24.5 Å². The number of hydrogen-bond donors (Lipinski definition) is 2. The van der Waals surface area contributed by atoms with Gasteiger partial charge in [0, 0.05) is 11.1 Å². The molecule has 0 aliphatic heterocycles. The minimum absolute atomic E-state index is 0.00451. The van der Waals surface area contributed by atoms with Gasteiger partial charge < -0.3 is 15.2 Å². The van der Waals surface area contributed by atoms with Crippen molar-refractivity contribution in [3.63, 3.8) is 0 Å². The van der Waals surface area contributed by atoms with Crippen LogP contribution in [0.4, 0.5) is 0 Å². The van der Waals surface area contributed by atoms with Crippen molar-refractivity contribution < 1.29 is 14.6 Å². The molecule has 0 radical (unpaired) electrons. The Morgan fingerprint density at radius 2 is 2.11 bits per heavy atom. The van der Waals surface area contributed by atoms with Gasteiger partial charge in [-0.3, -0.25) is 4.79 Å². The van der Waals surface area contributed by atoms with Crippen molar-refractivity contribution in [2.24, 2.45) is 5.92 Å². The summed E-state index contributed by atoms with van der Waals surface area (Å²) >= 11 is 5.88. The predicted octanol–water partition coefficient (Wildman–Crippen LogP) is 2.24. The van der Waals surface area contributed by atoms with E-state index in [4.69, 9.17) is 21.4 Å². The van der Waals surface area contributed by atoms with Crippen LogP contribution in [0.25, 0.3) is 0 Å². The van der Waals surface area contributed by atoms with Gasteiger partial charge >= 0.3 is 0 Å². The second-order valence-corrected chi connectivity index (χ2v) is 5.27. The van der Waals surface area contributed by atoms with Gasteiger partial charge in [0.05, 0.1) is 6.61 Å². The molecule has 1 rings (SSSR count). The minimum Gasteiger partial charge on any atom is -0.480 e. The van der Waals surface area contributed by atoms with E-state index in [1.807, 2.05) is 13.8 Å². The molecule has 0 aromatic heterocycles. The molecule has 1 aromatic carbocycles. The van der Waals surface area contributed by atoms with Crippen molar-refractivity contribution in [3.05, 3.63) is 29.3 Å². The number of nitrogens with one attached hydrogen (secondary N) is 1. The third-order valence-electron chi connectivity index (χ3n) is 2.59. The number of halogens is 1. The maximum Gasteiger partial charge on any atom is 0.261 e. The Labute approximate surface area is 118 Å². The fourth-order valence-electron chi connectivity index (χ4n) is 1.55. The lowest BCUT2D eigenvalue weighted by Crippen LogP contribution is -2.46. The van der Waals surface area contributed by atoms with Crippen molar-refractivity contribution in [1.82, 2.24) is 5.32 Å². The van der Waals surface area contributed by atoms with Crippen molar-refractivity contribution >= 4 is 17.5 Å². The first-order valence-electron chi connectivity index (χ1n) is 6.27. The molecule has 1 amide bonds. The Morgan fingerprint density at radius 3 is 2.63 bits per heavy atom. The highest BCUT2D eigenvalue weighted by Crippen LogP contribution is 2.20. The molecule has 2 N–H and O–H groups in total. The zero-order chi connectivity index (χ0) is 14.4. The molecule has 0 aliphatic rings. The summed E-state index contributed by atoms with van der Waals surface area (Å²) in [4.78, 5) is 12.1. The number of carbonyl (C=O) groups excluding carboxylic acids is 1. The molecule has 0 spiro atoms. The van der Waals surface area contributed by atoms with E-state index >= 15 is 0 Å². The summed E-state index contributed by atoms with van der Waals surface area (Å²) < 4.78 is 5.69. The summed E-state index contributed by atoms with van der Waals surface area (Å²) in [5, 5.41) is 12.2. The highest BCUT2D eigenvalue weighted by atomic mass is 35.5. The molecule has 0 saturated carbocycles. The average molecular weight is 286 g/mol. The highest BCUT2D eigenvalue weighted by molar-refractivity contribution is 6.30. The Balaban J connectivity index is 2.75. The first-order chi connectivity index (χ1) is 8.93. The second kappa shape index (κ2) is 7.36. The van der Waals surface area contributed by atoms with Gasteiger partial charge in [0.1, 0.15) is 5.75 Å². The fourth-order valence-corrected chi connectivity index (χ4v) is 1.73. The Hall–Kier alpha value is -1.26. The minimum atomic E-state index is -0.618. The van der Waals surface area contributed by atoms with Crippen LogP contribution >= 0.6 is 11.6 Å². The van der Waals surface area contributed by atoms with E-state index in [0.29, 0.717) is 10.8 Å². The van der Waals surface area contributed by atoms with E-state index in [9.17, 15) is 4.79 Å². The van der Waals surface area contributed by atoms with Crippen LogP contribution in [0.1, 0.15) is 20.8 Å². The van der Waals surface area contributed by atoms with E-state index < -0.39 is 6.10 Å². The number of ether oxygens (including phenoxy) is 1. The van der Waals surface area contributed by atoms with E-state index in [2.05, 4.69) is 5.32 Å². The van der Waals surface area contributed by atoms with Crippen LogP contribution in [0.15, 0.2) is 24.3 Å². The topological polar surface area (TPSA) is 58.6 Å². The number of aliphatic hydroxyl groups excluding tert-OH is 1. The third kappa shape index (κ3) is 5.09. The smallest absolute Gasteiger partial charge is 0.261 e. The summed E-state index contributed by atoms with van der Waals surface area (Å²) in [7, 11) is 0. The SMILES string of the molecule is CC(CO)NC(=O)C(Oc1cccc(Cl)c1)C(C)C. The lowest BCUT2D eigenvalue weighted by Gasteiger charge is -2.23. The van der Waals surface area contributed by atoms with Crippen molar-refractivity contribution in [3.8, 4) is 5.75 Å². The molecule has 2 unspecified atom stereocenters. The second-order valence-electron chi connectivity index (χ2n) is 4.83. The Kier molecular flexibility index (Phi) is 6.12. The molecule has 19 heavy (non-hydrogen) atoms. The van der Waals surface area contributed by atoms with Gasteiger partial charge in [-0.2, -0.15) is 0 Å². The van der Waals surface area contributed by atoms with E-state index in [1.54, 1.807) is 31.2 Å². The normalized spacial score (nSPS) is 14.0. The zero-order valence-corrected chi connectivity index (χ0v) is 12.1. The van der Waals surface area contributed by atoms with Crippen LogP contribution in [-0.4, -0.2) is 29.8 Å². The first kappa shape index (κ1) is 15.8. The Morgan fingerprint density at radius 1 is 1.42 bits per heavy atom. The van der Waals surface area contributed by atoms with Crippen LogP contribution in [-0.2, 0) is 4.79 Å². The molecule has 0 bridgehead atoms. The molecule has 0 saturated heterocycles. The quantitative estimate of drug-likeness (QED) is 0.843. The number of hydrogen-bond acceptors (Lipinski definition) is 3. The van der Waals surface area contributed by atoms with E-state index in [0.717, 1.165) is 0 Å². The number of benzene rings is 1. The van der Waals surface area contributed by atoms with Gasteiger partial charge in [-0.15, -0.1) is 0 Å². The predicted molar refractivity (Wildman–Crippen MR) is 75.4 cm³/mol. The monoisotopic (exact) mass is 285 g/mol. The van der Waals surface area contributed by atoms with E-state index in [1.165, 1.54) is 0 Å². The maximum atomic E-state index is 12.1. The summed E-state index contributed by atoms with van der Waals surface area (Å²) in [5.41, 5.74) is 0. The largest absolute Gasteiger partial charge is 0.480 e. The van der Waals surface area contributed by atoms with Gasteiger partial charge in [-0.25, -0.2) is 0 Å². The van der Waals surface area contributed by atoms with Crippen LogP contribution in [0, 0.1) is 5.92 Å². The van der Waals surface area contributed by atoms with Crippen LogP contribution < -0.4 is 10.1 Å². The summed E-state index contributed by atoms with van der Waals surface area (Å²) in [6, 6.07) is 6.64. The maximum absolute atomic E-state index is 12.1. The van der Waals surface area contributed by atoms with Crippen LogP contribution in [0.5, 0.6) is 5.75 Å². The summed E-state index contributed by atoms with van der Waals surface area (Å²) in [6.45, 7) is 5.43. The fraction of sp³-hybridized carbons (Fsp3) is 0.500. The molecule has 1 aromatic rings. The summed E-state index contributed by atoms with van der Waals surface area (Å²) in [6.07, 6.45) is -0.618. The lowest BCUT2D eigenvalue weighted by molar-refractivity contribution is -0.130. The molecule has 4 nitrogen and oxygen atoms in total. The molecular weight excluding hydrogens is 266 g/mol. The van der Waals surface area contributed by atoms with Crippen molar-refractivity contribution in [2.75, 3.05) is 6.61 Å². The molecule has 2 atom stereocenters. The molecule has 0 fully saturated rings. The van der Waals surface area contributed by atoms with Crippen molar-refractivity contribution in [1.29, 1.82) is 0 Å². The van der Waals surface area contributed by atoms with Gasteiger partial charge in [0.2, 0.25) is 0 Å². The standard InChI is InChI=1S/C14H20ClNO3/c1-9(2)13(14(18)16-10(3)8-17)19-12-6-4-5-11(15)7-12/h4-7,9-10,13,17H,8H2,1-3H3,(H,16,18). The van der Waals surface area contributed by atoms with Gasteiger partial charge in [-0.1, -0.05) is 31.5 Å². The molecular formula is C14H20ClNO3. The molecule has 0 aliphatic carbocycles. The number of carbonyl (C=O) groups is 1. The van der Waals surface area contributed by atoms with Gasteiger partial charge in [0.25, 0.3) is 5.91 Å². The zero-order valence-electron chi connectivity index (χ0n) is 11.4. The molecule has 106 valence electrons. The third-order valence-corrected chi connectivity index (χ3v) is 2.82. The lowest BCUT2D eigenvalue weighted by atomic mass is 10.1. The van der Waals surface area contributed by atoms with Crippen molar-refractivity contribution in [2.45, 2.75) is 32.9 Å².